The number of nitrogens with zero attached hydrogens (tertiary/aromatic N) is 1. The predicted octanol–water partition coefficient (Wildman–Crippen LogP) is 3.59. The fraction of sp³-hybridized carbons (Fsp3) is 0.500. The van der Waals surface area contributed by atoms with Crippen molar-refractivity contribution in [2.24, 2.45) is 0 Å². The van der Waals surface area contributed by atoms with E-state index in [9.17, 15) is 5.11 Å². The van der Waals surface area contributed by atoms with Gasteiger partial charge in [-0.15, -0.1) is 0 Å². The predicted molar refractivity (Wildman–Crippen MR) is 74.6 cm³/mol. The first-order chi connectivity index (χ1) is 7.56. The van der Waals surface area contributed by atoms with Crippen LogP contribution in [0.5, 0.6) is 0 Å². The van der Waals surface area contributed by atoms with Gasteiger partial charge < -0.3 is 10.0 Å². The van der Waals surface area contributed by atoms with Gasteiger partial charge in [0.25, 0.3) is 0 Å². The van der Waals surface area contributed by atoms with E-state index in [1.165, 1.54) is 0 Å². The van der Waals surface area contributed by atoms with Gasteiger partial charge in [0, 0.05) is 15.5 Å². The lowest BCUT2D eigenvalue weighted by Gasteiger charge is -2.22. The number of hydrogen-bond acceptors (Lipinski definition) is 2. The zero-order chi connectivity index (χ0) is 12.1. The smallest absolute Gasteiger partial charge is 0.0917 e. The number of aliphatic hydroxyl groups excluding tert-OH is 1. The largest absolute Gasteiger partial charge is 0.387 e. The van der Waals surface area contributed by atoms with Crippen molar-refractivity contribution in [3.63, 3.8) is 0 Å². The molecule has 1 aromatic rings. The van der Waals surface area contributed by atoms with Gasteiger partial charge in [-0.25, -0.2) is 0 Å². The van der Waals surface area contributed by atoms with Crippen LogP contribution in [0, 0.1) is 0 Å². The Morgan fingerprint density at radius 3 is 2.06 bits per heavy atom. The summed E-state index contributed by atoms with van der Waals surface area (Å²) in [7, 11) is 0. The Morgan fingerprint density at radius 1 is 1.12 bits per heavy atom. The summed E-state index contributed by atoms with van der Waals surface area (Å²) in [4.78, 5) is 2.21. The maximum Gasteiger partial charge on any atom is 0.0917 e. The summed E-state index contributed by atoms with van der Waals surface area (Å²) < 4.78 is 1.96. The third-order valence-corrected chi connectivity index (χ3v) is 3.51. The normalized spacial score (nSPS) is 13.1. The van der Waals surface area contributed by atoms with E-state index in [0.717, 1.165) is 27.6 Å². The molecule has 0 amide bonds. The molecule has 1 unspecified atom stereocenters. The zero-order valence-corrected chi connectivity index (χ0v) is 12.8. The lowest BCUT2D eigenvalue weighted by atomic mass is 10.1. The Kier molecular flexibility index (Phi) is 5.97. The second-order valence-electron chi connectivity index (χ2n) is 3.70. The van der Waals surface area contributed by atoms with Gasteiger partial charge in [0.15, 0.2) is 0 Å². The number of likely N-dealkylation sites (N-methyl/N-ethyl adjacent to an activating group) is 1. The molecule has 1 rings (SSSR count). The average molecular weight is 351 g/mol. The highest BCUT2D eigenvalue weighted by molar-refractivity contribution is 9.11. The first-order valence-corrected chi connectivity index (χ1v) is 7.01. The summed E-state index contributed by atoms with van der Waals surface area (Å²) in [6.07, 6.45) is -0.436. The molecule has 0 heterocycles. The molecule has 0 saturated carbocycles. The van der Waals surface area contributed by atoms with E-state index >= 15 is 0 Å². The maximum absolute atomic E-state index is 10.1. The van der Waals surface area contributed by atoms with Crippen LogP contribution in [0.4, 0.5) is 0 Å². The van der Waals surface area contributed by atoms with E-state index in [2.05, 4.69) is 50.6 Å². The average Bonchev–Trinajstić information content (AvgIpc) is 2.24. The molecule has 1 atom stereocenters. The van der Waals surface area contributed by atoms with Gasteiger partial charge in [0.2, 0.25) is 0 Å². The van der Waals surface area contributed by atoms with E-state index in [0.29, 0.717) is 6.54 Å². The summed E-state index contributed by atoms with van der Waals surface area (Å²) in [5.74, 6) is 0. The molecule has 0 aliphatic carbocycles. The van der Waals surface area contributed by atoms with E-state index in [-0.39, 0.29) is 0 Å². The van der Waals surface area contributed by atoms with Crippen molar-refractivity contribution in [2.45, 2.75) is 20.0 Å². The standard InChI is InChI=1S/C12H17Br2NO/c1-3-15(4-2)8-12(16)9-5-10(13)7-11(14)6-9/h5-7,12,16H,3-4,8H2,1-2H3. The van der Waals surface area contributed by atoms with Gasteiger partial charge >= 0.3 is 0 Å². The van der Waals surface area contributed by atoms with Crippen LogP contribution in [0.25, 0.3) is 0 Å². The number of hydrogen-bond donors (Lipinski definition) is 1. The Labute approximate surface area is 114 Å². The van der Waals surface area contributed by atoms with Crippen molar-refractivity contribution >= 4 is 31.9 Å². The number of rotatable bonds is 5. The lowest BCUT2D eigenvalue weighted by Crippen LogP contribution is -2.28. The van der Waals surface area contributed by atoms with Crippen LogP contribution in [0.15, 0.2) is 27.1 Å². The molecule has 1 aromatic carbocycles. The van der Waals surface area contributed by atoms with E-state index in [1.807, 2.05) is 18.2 Å². The first kappa shape index (κ1) is 14.2. The highest BCUT2D eigenvalue weighted by Crippen LogP contribution is 2.24. The molecule has 90 valence electrons. The molecule has 0 aromatic heterocycles. The molecule has 1 N–H and O–H groups in total. The minimum atomic E-state index is -0.436. The van der Waals surface area contributed by atoms with Crippen LogP contribution in [0.2, 0.25) is 0 Å². The molecule has 16 heavy (non-hydrogen) atoms. The highest BCUT2D eigenvalue weighted by atomic mass is 79.9. The third-order valence-electron chi connectivity index (χ3n) is 2.60. The third kappa shape index (κ3) is 4.17. The number of aliphatic hydroxyl groups is 1. The molecule has 0 radical (unpaired) electrons. The van der Waals surface area contributed by atoms with Crippen LogP contribution >= 0.6 is 31.9 Å². The topological polar surface area (TPSA) is 23.5 Å². The maximum atomic E-state index is 10.1. The Hall–Kier alpha value is 0.1000. The summed E-state index contributed by atoms with van der Waals surface area (Å²) in [5.41, 5.74) is 0.938. The van der Waals surface area contributed by atoms with Crippen LogP contribution in [-0.4, -0.2) is 29.6 Å². The summed E-state index contributed by atoms with van der Waals surface area (Å²) in [6.45, 7) is 6.81. The van der Waals surface area contributed by atoms with Crippen molar-refractivity contribution in [3.05, 3.63) is 32.7 Å². The molecular weight excluding hydrogens is 334 g/mol. The molecule has 0 aliphatic rings. The van der Waals surface area contributed by atoms with E-state index in [4.69, 9.17) is 0 Å². The molecule has 4 heteroatoms. The molecule has 0 spiro atoms. The Morgan fingerprint density at radius 2 is 1.62 bits per heavy atom. The molecular formula is C12H17Br2NO. The lowest BCUT2D eigenvalue weighted by molar-refractivity contribution is 0.119. The second-order valence-corrected chi connectivity index (χ2v) is 5.54. The van der Waals surface area contributed by atoms with Gasteiger partial charge in [-0.3, -0.25) is 0 Å². The van der Waals surface area contributed by atoms with Crippen LogP contribution in [0.3, 0.4) is 0 Å². The van der Waals surface area contributed by atoms with Gasteiger partial charge in [-0.05, 0) is 36.9 Å². The van der Waals surface area contributed by atoms with Crippen molar-refractivity contribution in [3.8, 4) is 0 Å². The molecule has 2 nitrogen and oxygen atoms in total. The number of benzene rings is 1. The van der Waals surface area contributed by atoms with Crippen molar-refractivity contribution in [1.29, 1.82) is 0 Å². The second kappa shape index (κ2) is 6.74. The summed E-state index contributed by atoms with van der Waals surface area (Å²) >= 11 is 6.85. The first-order valence-electron chi connectivity index (χ1n) is 5.43. The Balaban J connectivity index is 2.75. The van der Waals surface area contributed by atoms with Crippen molar-refractivity contribution < 1.29 is 5.11 Å². The van der Waals surface area contributed by atoms with Crippen molar-refractivity contribution in [2.75, 3.05) is 19.6 Å². The van der Waals surface area contributed by atoms with Crippen LogP contribution in [-0.2, 0) is 0 Å². The van der Waals surface area contributed by atoms with Crippen LogP contribution in [0.1, 0.15) is 25.5 Å². The summed E-state index contributed by atoms with van der Waals surface area (Å²) in [6, 6.07) is 5.88. The fourth-order valence-corrected chi connectivity index (χ4v) is 2.93. The minimum absolute atomic E-state index is 0.436. The SMILES string of the molecule is CCN(CC)CC(O)c1cc(Br)cc(Br)c1. The number of halogens is 2. The van der Waals surface area contributed by atoms with E-state index in [1.54, 1.807) is 0 Å². The van der Waals surface area contributed by atoms with Gasteiger partial charge in [-0.2, -0.15) is 0 Å². The minimum Gasteiger partial charge on any atom is -0.387 e. The van der Waals surface area contributed by atoms with E-state index < -0.39 is 6.10 Å². The molecule has 0 aliphatic heterocycles. The highest BCUT2D eigenvalue weighted by Gasteiger charge is 2.12. The van der Waals surface area contributed by atoms with Gasteiger partial charge in [0.1, 0.15) is 0 Å². The van der Waals surface area contributed by atoms with Gasteiger partial charge in [0.05, 0.1) is 6.10 Å². The van der Waals surface area contributed by atoms with Crippen LogP contribution < -0.4 is 0 Å². The molecule has 0 bridgehead atoms. The quantitative estimate of drug-likeness (QED) is 0.877. The van der Waals surface area contributed by atoms with Gasteiger partial charge in [-0.1, -0.05) is 45.7 Å². The fourth-order valence-electron chi connectivity index (χ4n) is 1.60. The molecule has 0 fully saturated rings. The Bertz CT molecular complexity index is 320. The van der Waals surface area contributed by atoms with Crippen molar-refractivity contribution in [1.82, 2.24) is 4.90 Å². The molecule has 0 saturated heterocycles. The monoisotopic (exact) mass is 349 g/mol. The zero-order valence-electron chi connectivity index (χ0n) is 9.58. The summed E-state index contributed by atoms with van der Waals surface area (Å²) in [5, 5.41) is 10.1.